The predicted octanol–water partition coefficient (Wildman–Crippen LogP) is 0.998. The molecule has 1 atom stereocenters. The minimum absolute atomic E-state index is 0.0642. The van der Waals surface area contributed by atoms with Crippen LogP contribution in [0.3, 0.4) is 0 Å². The van der Waals surface area contributed by atoms with Crippen molar-refractivity contribution in [3.63, 3.8) is 0 Å². The number of amides is 1. The molecule has 0 bridgehead atoms. The van der Waals surface area contributed by atoms with Crippen LogP contribution < -0.4 is 10.6 Å². The number of hydrogen-bond acceptors (Lipinski definition) is 4. The van der Waals surface area contributed by atoms with E-state index >= 15 is 0 Å². The summed E-state index contributed by atoms with van der Waals surface area (Å²) in [4.78, 5) is 13.6. The molecule has 102 valence electrons. The highest BCUT2D eigenvalue weighted by atomic mass is 16.3. The maximum Gasteiger partial charge on any atom is 0.221 e. The van der Waals surface area contributed by atoms with Gasteiger partial charge in [-0.15, -0.1) is 0 Å². The summed E-state index contributed by atoms with van der Waals surface area (Å²) in [5.41, 5.74) is 0. The first-order chi connectivity index (χ1) is 8.65. The molecule has 2 N–H and O–H groups in total. The number of nitrogens with zero attached hydrogens (tertiary/aromatic N) is 1. The first-order valence-corrected chi connectivity index (χ1v) is 6.32. The molecule has 0 radical (unpaired) electrons. The van der Waals surface area contributed by atoms with E-state index in [0.29, 0.717) is 13.0 Å². The van der Waals surface area contributed by atoms with E-state index in [1.807, 2.05) is 38.1 Å². The van der Waals surface area contributed by atoms with Crippen LogP contribution in [-0.2, 0) is 4.79 Å². The van der Waals surface area contributed by atoms with Crippen molar-refractivity contribution in [1.82, 2.24) is 15.5 Å². The molecular formula is C13H23N3O2. The molecule has 1 aromatic heterocycles. The Kier molecular flexibility index (Phi) is 6.46. The molecule has 1 amide bonds. The Labute approximate surface area is 109 Å². The van der Waals surface area contributed by atoms with Gasteiger partial charge in [-0.25, -0.2) is 0 Å². The topological polar surface area (TPSA) is 57.5 Å². The Morgan fingerprint density at radius 2 is 2.28 bits per heavy atom. The molecule has 5 heteroatoms. The molecule has 1 aromatic rings. The number of carbonyl (C=O) groups excluding carboxylic acids is 1. The van der Waals surface area contributed by atoms with E-state index in [-0.39, 0.29) is 11.9 Å². The van der Waals surface area contributed by atoms with Crippen molar-refractivity contribution < 1.29 is 9.21 Å². The number of likely N-dealkylation sites (N-methyl/N-ethyl adjacent to an activating group) is 1. The quantitative estimate of drug-likeness (QED) is 0.679. The van der Waals surface area contributed by atoms with E-state index in [1.54, 1.807) is 6.26 Å². The molecule has 18 heavy (non-hydrogen) atoms. The highest BCUT2D eigenvalue weighted by molar-refractivity contribution is 5.76. The summed E-state index contributed by atoms with van der Waals surface area (Å²) in [6, 6.07) is 3.86. The molecule has 0 aliphatic rings. The van der Waals surface area contributed by atoms with Gasteiger partial charge in [-0.2, -0.15) is 0 Å². The van der Waals surface area contributed by atoms with Crippen molar-refractivity contribution in [2.24, 2.45) is 0 Å². The maximum atomic E-state index is 11.6. The van der Waals surface area contributed by atoms with E-state index in [1.165, 1.54) is 0 Å². The number of nitrogens with one attached hydrogen (secondary N) is 2. The second kappa shape index (κ2) is 7.89. The number of hydrogen-bond donors (Lipinski definition) is 2. The van der Waals surface area contributed by atoms with Crippen LogP contribution in [0.4, 0.5) is 0 Å². The third-order valence-electron chi connectivity index (χ3n) is 2.77. The van der Waals surface area contributed by atoms with Crippen molar-refractivity contribution >= 4 is 5.91 Å². The number of carbonyl (C=O) groups is 1. The number of rotatable bonds is 8. The minimum Gasteiger partial charge on any atom is -0.468 e. The van der Waals surface area contributed by atoms with Gasteiger partial charge < -0.3 is 15.1 Å². The van der Waals surface area contributed by atoms with E-state index in [2.05, 4.69) is 10.6 Å². The van der Waals surface area contributed by atoms with Crippen molar-refractivity contribution in [2.75, 3.05) is 33.7 Å². The average Bonchev–Trinajstić information content (AvgIpc) is 2.83. The Morgan fingerprint density at radius 1 is 1.50 bits per heavy atom. The highest BCUT2D eigenvalue weighted by Crippen LogP contribution is 2.17. The molecule has 0 saturated heterocycles. The molecule has 0 saturated carbocycles. The summed E-state index contributed by atoms with van der Waals surface area (Å²) in [6.45, 7) is 4.19. The zero-order valence-corrected chi connectivity index (χ0v) is 11.4. The van der Waals surface area contributed by atoms with Crippen LogP contribution in [0.15, 0.2) is 22.8 Å². The van der Waals surface area contributed by atoms with Crippen LogP contribution >= 0.6 is 0 Å². The van der Waals surface area contributed by atoms with E-state index in [4.69, 9.17) is 4.42 Å². The zero-order valence-electron chi connectivity index (χ0n) is 11.4. The van der Waals surface area contributed by atoms with Gasteiger partial charge in [0, 0.05) is 19.5 Å². The summed E-state index contributed by atoms with van der Waals surface area (Å²) in [6.07, 6.45) is 2.16. The molecular weight excluding hydrogens is 230 g/mol. The Balaban J connectivity index is 2.37. The zero-order chi connectivity index (χ0) is 13.4. The summed E-state index contributed by atoms with van der Waals surface area (Å²) < 4.78 is 5.38. The highest BCUT2D eigenvalue weighted by Gasteiger charge is 2.17. The fourth-order valence-electron chi connectivity index (χ4n) is 1.70. The van der Waals surface area contributed by atoms with Gasteiger partial charge in [0.05, 0.1) is 12.3 Å². The summed E-state index contributed by atoms with van der Waals surface area (Å²) in [5, 5.41) is 6.06. The molecule has 0 aliphatic heterocycles. The Morgan fingerprint density at radius 3 is 2.83 bits per heavy atom. The molecule has 1 unspecified atom stereocenters. The normalized spacial score (nSPS) is 12.7. The SMILES string of the molecule is CCNCCC(=O)NCC(c1ccco1)N(C)C. The van der Waals surface area contributed by atoms with Crippen LogP contribution in [0.25, 0.3) is 0 Å². The summed E-state index contributed by atoms with van der Waals surface area (Å²) in [7, 11) is 3.94. The van der Waals surface area contributed by atoms with Crippen LogP contribution in [0, 0.1) is 0 Å². The lowest BCUT2D eigenvalue weighted by molar-refractivity contribution is -0.121. The van der Waals surface area contributed by atoms with Gasteiger partial charge in [-0.3, -0.25) is 9.69 Å². The maximum absolute atomic E-state index is 11.6. The van der Waals surface area contributed by atoms with Gasteiger partial charge in [-0.1, -0.05) is 6.92 Å². The second-order valence-corrected chi connectivity index (χ2v) is 4.40. The minimum atomic E-state index is 0.0642. The van der Waals surface area contributed by atoms with Gasteiger partial charge in [0.1, 0.15) is 5.76 Å². The molecule has 0 aromatic carbocycles. The molecule has 0 spiro atoms. The Bertz CT molecular complexity index is 336. The van der Waals surface area contributed by atoms with E-state index in [0.717, 1.165) is 18.8 Å². The summed E-state index contributed by atoms with van der Waals surface area (Å²) >= 11 is 0. The smallest absolute Gasteiger partial charge is 0.221 e. The lowest BCUT2D eigenvalue weighted by Gasteiger charge is -2.22. The fourth-order valence-corrected chi connectivity index (χ4v) is 1.70. The van der Waals surface area contributed by atoms with Crippen molar-refractivity contribution in [2.45, 2.75) is 19.4 Å². The first kappa shape index (κ1) is 14.7. The molecule has 0 aliphatic carbocycles. The van der Waals surface area contributed by atoms with Gasteiger partial charge in [0.15, 0.2) is 0 Å². The van der Waals surface area contributed by atoms with Crippen molar-refractivity contribution in [3.8, 4) is 0 Å². The molecule has 0 fully saturated rings. The van der Waals surface area contributed by atoms with E-state index in [9.17, 15) is 4.79 Å². The van der Waals surface area contributed by atoms with E-state index < -0.39 is 0 Å². The second-order valence-electron chi connectivity index (χ2n) is 4.40. The van der Waals surface area contributed by atoms with Gasteiger partial charge in [-0.05, 0) is 32.8 Å². The third kappa shape index (κ3) is 4.89. The molecule has 1 heterocycles. The van der Waals surface area contributed by atoms with Crippen LogP contribution in [0.1, 0.15) is 25.1 Å². The first-order valence-electron chi connectivity index (χ1n) is 6.32. The van der Waals surface area contributed by atoms with Crippen LogP contribution in [0.5, 0.6) is 0 Å². The predicted molar refractivity (Wildman–Crippen MR) is 71.3 cm³/mol. The van der Waals surface area contributed by atoms with Crippen molar-refractivity contribution in [3.05, 3.63) is 24.2 Å². The largest absolute Gasteiger partial charge is 0.468 e. The van der Waals surface area contributed by atoms with Crippen LogP contribution in [0.2, 0.25) is 0 Å². The van der Waals surface area contributed by atoms with Gasteiger partial charge in [0.25, 0.3) is 0 Å². The molecule has 1 rings (SSSR count). The monoisotopic (exact) mass is 253 g/mol. The van der Waals surface area contributed by atoms with Crippen LogP contribution in [-0.4, -0.2) is 44.5 Å². The molecule has 5 nitrogen and oxygen atoms in total. The average molecular weight is 253 g/mol. The number of furan rings is 1. The lowest BCUT2D eigenvalue weighted by Crippen LogP contribution is -2.35. The summed E-state index contributed by atoms with van der Waals surface area (Å²) in [5.74, 6) is 0.932. The standard InChI is InChI=1S/C13H23N3O2/c1-4-14-8-7-13(17)15-10-11(16(2)3)12-6-5-9-18-12/h5-6,9,11,14H,4,7-8,10H2,1-3H3,(H,15,17). The fraction of sp³-hybridized carbons (Fsp3) is 0.615. The Hall–Kier alpha value is -1.33. The van der Waals surface area contributed by atoms with Gasteiger partial charge >= 0.3 is 0 Å². The lowest BCUT2D eigenvalue weighted by atomic mass is 10.2. The van der Waals surface area contributed by atoms with Gasteiger partial charge in [0.2, 0.25) is 5.91 Å². The van der Waals surface area contributed by atoms with Crippen molar-refractivity contribution in [1.29, 1.82) is 0 Å². The third-order valence-corrected chi connectivity index (χ3v) is 2.77.